The van der Waals surface area contributed by atoms with Gasteiger partial charge in [0, 0.05) is 23.5 Å². The molecule has 0 bridgehead atoms. The maximum Gasteiger partial charge on any atom is 0.190 e. The fourth-order valence-electron chi connectivity index (χ4n) is 1.76. The Morgan fingerprint density at radius 1 is 1.40 bits per heavy atom. The lowest BCUT2D eigenvalue weighted by Gasteiger charge is -2.12. The average molecular weight is 311 g/mol. The molecule has 0 radical (unpaired) electrons. The molecule has 0 atom stereocenters. The van der Waals surface area contributed by atoms with Gasteiger partial charge in [-0.2, -0.15) is 5.10 Å². The molecular formula is C14H19ClN4S. The van der Waals surface area contributed by atoms with Crippen molar-refractivity contribution >= 4 is 23.4 Å². The fourth-order valence-corrected chi connectivity index (χ4v) is 2.83. The quantitative estimate of drug-likeness (QED) is 0.888. The molecule has 0 aliphatic carbocycles. The van der Waals surface area contributed by atoms with Gasteiger partial charge in [-0.3, -0.25) is 0 Å². The van der Waals surface area contributed by atoms with Gasteiger partial charge in [0.25, 0.3) is 0 Å². The standard InChI is InChI=1S/C14H19ClN4S/c1-10(2)7-16-8-11-6-12(15)4-5-13(11)20-14-17-9-18-19(14)3/h4-6,9-10,16H,7-8H2,1-3H3. The first-order valence-electron chi connectivity index (χ1n) is 6.57. The summed E-state index contributed by atoms with van der Waals surface area (Å²) >= 11 is 7.71. The van der Waals surface area contributed by atoms with E-state index in [1.54, 1.807) is 22.8 Å². The molecular weight excluding hydrogens is 292 g/mol. The van der Waals surface area contributed by atoms with Crippen LogP contribution in [0, 0.1) is 5.92 Å². The highest BCUT2D eigenvalue weighted by atomic mass is 35.5. The van der Waals surface area contributed by atoms with Crippen molar-refractivity contribution in [3.8, 4) is 0 Å². The van der Waals surface area contributed by atoms with Crippen LogP contribution in [0.1, 0.15) is 19.4 Å². The molecule has 0 amide bonds. The maximum atomic E-state index is 6.10. The lowest BCUT2D eigenvalue weighted by Crippen LogP contribution is -2.19. The second-order valence-electron chi connectivity index (χ2n) is 5.05. The van der Waals surface area contributed by atoms with E-state index in [-0.39, 0.29) is 0 Å². The van der Waals surface area contributed by atoms with Crippen molar-refractivity contribution < 1.29 is 0 Å². The van der Waals surface area contributed by atoms with Crippen LogP contribution in [0.25, 0.3) is 0 Å². The number of aromatic nitrogens is 3. The van der Waals surface area contributed by atoms with Gasteiger partial charge in [0.1, 0.15) is 6.33 Å². The van der Waals surface area contributed by atoms with Crippen LogP contribution in [0.3, 0.4) is 0 Å². The molecule has 108 valence electrons. The Balaban J connectivity index is 2.13. The zero-order valence-corrected chi connectivity index (χ0v) is 13.5. The third kappa shape index (κ3) is 4.23. The number of halogens is 1. The van der Waals surface area contributed by atoms with E-state index in [0.29, 0.717) is 5.92 Å². The van der Waals surface area contributed by atoms with Crippen molar-refractivity contribution in [3.05, 3.63) is 35.1 Å². The van der Waals surface area contributed by atoms with Crippen LogP contribution in [0.4, 0.5) is 0 Å². The molecule has 1 heterocycles. The lowest BCUT2D eigenvalue weighted by atomic mass is 10.2. The van der Waals surface area contributed by atoms with Crippen molar-refractivity contribution in [3.63, 3.8) is 0 Å². The van der Waals surface area contributed by atoms with E-state index in [2.05, 4.69) is 29.2 Å². The summed E-state index contributed by atoms with van der Waals surface area (Å²) in [5.74, 6) is 0.629. The third-order valence-corrected chi connectivity index (χ3v) is 4.17. The van der Waals surface area contributed by atoms with E-state index in [0.717, 1.165) is 28.2 Å². The smallest absolute Gasteiger partial charge is 0.190 e. The van der Waals surface area contributed by atoms with E-state index < -0.39 is 0 Å². The summed E-state index contributed by atoms with van der Waals surface area (Å²) in [4.78, 5) is 5.40. The number of nitrogens with zero attached hydrogens (tertiary/aromatic N) is 3. The molecule has 0 fully saturated rings. The summed E-state index contributed by atoms with van der Waals surface area (Å²) in [5, 5.41) is 9.17. The topological polar surface area (TPSA) is 42.7 Å². The van der Waals surface area contributed by atoms with Gasteiger partial charge in [0.15, 0.2) is 5.16 Å². The molecule has 0 saturated heterocycles. The van der Waals surface area contributed by atoms with Crippen LogP contribution in [0.5, 0.6) is 0 Å². The molecule has 20 heavy (non-hydrogen) atoms. The Morgan fingerprint density at radius 2 is 2.20 bits per heavy atom. The van der Waals surface area contributed by atoms with Gasteiger partial charge in [-0.1, -0.05) is 25.4 Å². The number of aryl methyl sites for hydroxylation is 1. The molecule has 6 heteroatoms. The Bertz CT molecular complexity index is 568. The first kappa shape index (κ1) is 15.4. The molecule has 1 aromatic carbocycles. The molecule has 2 rings (SSSR count). The van der Waals surface area contributed by atoms with Gasteiger partial charge >= 0.3 is 0 Å². The summed E-state index contributed by atoms with van der Waals surface area (Å²) in [6.07, 6.45) is 1.56. The highest BCUT2D eigenvalue weighted by Gasteiger charge is 2.09. The van der Waals surface area contributed by atoms with Crippen LogP contribution >= 0.6 is 23.4 Å². The molecule has 0 aliphatic rings. The first-order chi connectivity index (χ1) is 9.56. The van der Waals surface area contributed by atoms with Crippen molar-refractivity contribution in [2.75, 3.05) is 6.54 Å². The van der Waals surface area contributed by atoms with E-state index in [1.165, 1.54) is 5.56 Å². The Morgan fingerprint density at radius 3 is 2.85 bits per heavy atom. The molecule has 0 saturated carbocycles. The lowest BCUT2D eigenvalue weighted by molar-refractivity contribution is 0.550. The molecule has 1 aromatic heterocycles. The predicted octanol–water partition coefficient (Wildman–Crippen LogP) is 3.37. The minimum atomic E-state index is 0.629. The monoisotopic (exact) mass is 310 g/mol. The summed E-state index contributed by atoms with van der Waals surface area (Å²) < 4.78 is 1.77. The summed E-state index contributed by atoms with van der Waals surface area (Å²) in [6.45, 7) is 6.18. The second kappa shape index (κ2) is 7.11. The van der Waals surface area contributed by atoms with Crippen LogP contribution in [-0.4, -0.2) is 21.3 Å². The van der Waals surface area contributed by atoms with Crippen molar-refractivity contribution in [1.82, 2.24) is 20.1 Å². The van der Waals surface area contributed by atoms with Gasteiger partial charge in [0.05, 0.1) is 0 Å². The highest BCUT2D eigenvalue weighted by molar-refractivity contribution is 7.99. The van der Waals surface area contributed by atoms with Gasteiger partial charge in [-0.25, -0.2) is 9.67 Å². The number of hydrogen-bond acceptors (Lipinski definition) is 4. The zero-order chi connectivity index (χ0) is 14.5. The van der Waals surface area contributed by atoms with E-state index in [9.17, 15) is 0 Å². The van der Waals surface area contributed by atoms with Crippen LogP contribution in [0.15, 0.2) is 34.6 Å². The summed E-state index contributed by atoms with van der Waals surface area (Å²) in [7, 11) is 1.89. The van der Waals surface area contributed by atoms with Crippen LogP contribution in [-0.2, 0) is 13.6 Å². The number of hydrogen-bond donors (Lipinski definition) is 1. The van der Waals surface area contributed by atoms with Crippen molar-refractivity contribution in [2.45, 2.75) is 30.4 Å². The Labute approximate surface area is 128 Å². The Kier molecular flexibility index (Phi) is 5.46. The predicted molar refractivity (Wildman–Crippen MR) is 83.1 cm³/mol. The van der Waals surface area contributed by atoms with Crippen molar-refractivity contribution in [2.24, 2.45) is 13.0 Å². The minimum Gasteiger partial charge on any atom is -0.312 e. The average Bonchev–Trinajstić information content (AvgIpc) is 2.78. The van der Waals surface area contributed by atoms with Gasteiger partial charge in [-0.15, -0.1) is 0 Å². The SMILES string of the molecule is CC(C)CNCc1cc(Cl)ccc1Sc1ncnn1C. The van der Waals surface area contributed by atoms with Crippen LogP contribution < -0.4 is 5.32 Å². The fraction of sp³-hybridized carbons (Fsp3) is 0.429. The molecule has 0 aliphatic heterocycles. The number of rotatable bonds is 6. The normalized spacial score (nSPS) is 11.2. The van der Waals surface area contributed by atoms with E-state index in [1.807, 2.05) is 25.2 Å². The molecule has 2 aromatic rings. The minimum absolute atomic E-state index is 0.629. The van der Waals surface area contributed by atoms with E-state index in [4.69, 9.17) is 11.6 Å². The summed E-state index contributed by atoms with van der Waals surface area (Å²) in [5.41, 5.74) is 1.19. The third-order valence-electron chi connectivity index (χ3n) is 2.76. The number of nitrogens with one attached hydrogen (secondary N) is 1. The van der Waals surface area contributed by atoms with Crippen LogP contribution in [0.2, 0.25) is 5.02 Å². The molecule has 1 N–H and O–H groups in total. The highest BCUT2D eigenvalue weighted by Crippen LogP contribution is 2.30. The molecule has 0 spiro atoms. The zero-order valence-electron chi connectivity index (χ0n) is 11.9. The second-order valence-corrected chi connectivity index (χ2v) is 6.49. The number of benzene rings is 1. The van der Waals surface area contributed by atoms with Gasteiger partial charge in [0.2, 0.25) is 0 Å². The van der Waals surface area contributed by atoms with E-state index >= 15 is 0 Å². The first-order valence-corrected chi connectivity index (χ1v) is 7.76. The Hall–Kier alpha value is -1.04. The van der Waals surface area contributed by atoms with Gasteiger partial charge in [-0.05, 0) is 48.0 Å². The molecule has 4 nitrogen and oxygen atoms in total. The van der Waals surface area contributed by atoms with Gasteiger partial charge < -0.3 is 5.32 Å². The van der Waals surface area contributed by atoms with Crippen molar-refractivity contribution in [1.29, 1.82) is 0 Å². The largest absolute Gasteiger partial charge is 0.312 e. The molecule has 0 unspecified atom stereocenters. The maximum absolute atomic E-state index is 6.10. The summed E-state index contributed by atoms with van der Waals surface area (Å²) in [6, 6.07) is 5.95.